The van der Waals surface area contributed by atoms with Crippen LogP contribution in [0.4, 0.5) is 5.69 Å². The Morgan fingerprint density at radius 3 is 2.61 bits per heavy atom. The summed E-state index contributed by atoms with van der Waals surface area (Å²) in [5.41, 5.74) is 2.06. The summed E-state index contributed by atoms with van der Waals surface area (Å²) < 4.78 is 11.6. The van der Waals surface area contributed by atoms with Crippen LogP contribution >= 0.6 is 12.2 Å². The number of thiocarbonyl (C=S) groups is 1. The molecule has 2 aromatic carbocycles. The Balaban J connectivity index is 1.57. The van der Waals surface area contributed by atoms with Crippen molar-refractivity contribution in [3.63, 3.8) is 0 Å². The zero-order valence-electron chi connectivity index (χ0n) is 15.4. The summed E-state index contributed by atoms with van der Waals surface area (Å²) in [6, 6.07) is 17.3. The Labute approximate surface area is 168 Å². The minimum absolute atomic E-state index is 0.308. The Bertz CT molecular complexity index is 955. The molecule has 0 unspecified atom stereocenters. The second-order valence-electron chi connectivity index (χ2n) is 6.57. The molecular formula is C20H20N4O3S. The molecule has 1 fully saturated rings. The van der Waals surface area contributed by atoms with Crippen molar-refractivity contribution in [3.05, 3.63) is 60.3 Å². The van der Waals surface area contributed by atoms with E-state index in [0.29, 0.717) is 23.4 Å². The largest absolute Gasteiger partial charge is 0.539 e. The Morgan fingerprint density at radius 2 is 1.96 bits per heavy atom. The van der Waals surface area contributed by atoms with Crippen LogP contribution in [0.3, 0.4) is 0 Å². The molecule has 0 aliphatic heterocycles. The Kier molecular flexibility index (Phi) is 5.12. The fraction of sp³-hybridized carbons (Fsp3) is 0.250. The summed E-state index contributed by atoms with van der Waals surface area (Å²) in [4.78, 5) is 2.02. The third-order valence-electron chi connectivity index (χ3n) is 4.61. The van der Waals surface area contributed by atoms with Crippen molar-refractivity contribution >= 4 is 23.0 Å². The van der Waals surface area contributed by atoms with Crippen LogP contribution in [0.2, 0.25) is 0 Å². The molecule has 1 aliphatic rings. The number of hydrogen-bond acceptors (Lipinski definition) is 5. The summed E-state index contributed by atoms with van der Waals surface area (Å²) in [5, 5.41) is 20.1. The van der Waals surface area contributed by atoms with Gasteiger partial charge in [0.25, 0.3) is 5.69 Å². The molecule has 0 saturated heterocycles. The second kappa shape index (κ2) is 7.85. The zero-order valence-corrected chi connectivity index (χ0v) is 16.2. The predicted molar refractivity (Wildman–Crippen MR) is 105 cm³/mol. The van der Waals surface area contributed by atoms with Crippen LogP contribution in [0.1, 0.15) is 18.5 Å². The van der Waals surface area contributed by atoms with Gasteiger partial charge in [0.1, 0.15) is 12.3 Å². The van der Waals surface area contributed by atoms with E-state index in [-0.39, 0.29) is 0 Å². The minimum atomic E-state index is -0.469. The van der Waals surface area contributed by atoms with Crippen LogP contribution < -0.4 is 19.8 Å². The van der Waals surface area contributed by atoms with Crippen LogP contribution in [0.5, 0.6) is 11.7 Å². The lowest BCUT2D eigenvalue weighted by Gasteiger charge is -2.24. The monoisotopic (exact) mass is 396 g/mol. The zero-order chi connectivity index (χ0) is 19.5. The normalized spacial score (nSPS) is 13.2. The molecule has 1 aromatic heterocycles. The maximum Gasteiger partial charge on any atom is 0.259 e. The molecule has 1 N–H and O–H groups in total. The topological polar surface area (TPSA) is 77.5 Å². The van der Waals surface area contributed by atoms with Crippen molar-refractivity contribution in [2.75, 3.05) is 12.4 Å². The minimum Gasteiger partial charge on any atom is -0.539 e. The van der Waals surface area contributed by atoms with Gasteiger partial charge >= 0.3 is 0 Å². The molecule has 1 saturated carbocycles. The van der Waals surface area contributed by atoms with E-state index in [1.54, 1.807) is 7.11 Å². The molecule has 0 atom stereocenters. The van der Waals surface area contributed by atoms with Gasteiger partial charge < -0.3 is 24.6 Å². The van der Waals surface area contributed by atoms with Gasteiger partial charge in [0, 0.05) is 23.9 Å². The average Bonchev–Trinajstić information content (AvgIpc) is 3.50. The van der Waals surface area contributed by atoms with Crippen LogP contribution in [0.15, 0.2) is 59.1 Å². The lowest BCUT2D eigenvalue weighted by molar-refractivity contribution is -0.678. The molecule has 7 nitrogen and oxygen atoms in total. The van der Waals surface area contributed by atoms with Gasteiger partial charge in [0.05, 0.1) is 12.4 Å². The second-order valence-corrected chi connectivity index (χ2v) is 6.96. The third kappa shape index (κ3) is 3.91. The van der Waals surface area contributed by atoms with Gasteiger partial charge in [0.2, 0.25) is 5.69 Å². The van der Waals surface area contributed by atoms with Crippen molar-refractivity contribution in [2.45, 2.75) is 25.4 Å². The van der Waals surface area contributed by atoms with Gasteiger partial charge in [-0.2, -0.15) is 0 Å². The first-order valence-corrected chi connectivity index (χ1v) is 9.41. The van der Waals surface area contributed by atoms with Gasteiger partial charge in [-0.25, -0.2) is 0 Å². The average molecular weight is 396 g/mol. The van der Waals surface area contributed by atoms with Crippen LogP contribution in [0.25, 0.3) is 5.69 Å². The van der Waals surface area contributed by atoms with Crippen LogP contribution in [-0.4, -0.2) is 28.4 Å². The highest BCUT2D eigenvalue weighted by Gasteiger charge is 2.34. The number of ether oxygens (including phenoxy) is 1. The Morgan fingerprint density at radius 1 is 1.25 bits per heavy atom. The number of aromatic nitrogens is 2. The van der Waals surface area contributed by atoms with Crippen molar-refractivity contribution in [3.8, 4) is 17.4 Å². The van der Waals surface area contributed by atoms with Gasteiger partial charge in [-0.1, -0.05) is 18.2 Å². The van der Waals surface area contributed by atoms with E-state index < -0.39 is 5.95 Å². The van der Waals surface area contributed by atoms with Gasteiger partial charge in [-0.3, -0.25) is 0 Å². The molecule has 1 heterocycles. The molecule has 4 rings (SSSR count). The summed E-state index contributed by atoms with van der Waals surface area (Å²) in [6.07, 6.45) is 2.08. The fourth-order valence-electron chi connectivity index (χ4n) is 2.96. The standard InChI is InChI=1S/C20H20N4O3S/c1-26-17-11-9-16(10-12-17)24-18(19(25)27-22-24)13-23(15-7-8-15)20(28)21-14-5-3-2-4-6-14/h2-6,9-12,15H,7-8,13H2,1H3,(H-,21,22,25,28). The first-order chi connectivity index (χ1) is 13.7. The number of nitrogens with zero attached hydrogens (tertiary/aromatic N) is 3. The first kappa shape index (κ1) is 18.2. The lowest BCUT2D eigenvalue weighted by atomic mass is 10.3. The van der Waals surface area contributed by atoms with E-state index in [1.165, 1.54) is 4.68 Å². The molecule has 8 heteroatoms. The van der Waals surface area contributed by atoms with Crippen molar-refractivity contribution in [2.24, 2.45) is 0 Å². The van der Waals surface area contributed by atoms with E-state index in [0.717, 1.165) is 30.0 Å². The number of benzene rings is 2. The quantitative estimate of drug-likeness (QED) is 0.506. The van der Waals surface area contributed by atoms with Crippen molar-refractivity contribution in [1.29, 1.82) is 0 Å². The number of rotatable bonds is 6. The van der Waals surface area contributed by atoms with E-state index in [9.17, 15) is 5.11 Å². The molecule has 28 heavy (non-hydrogen) atoms. The lowest BCUT2D eigenvalue weighted by Crippen LogP contribution is -2.43. The molecule has 3 aromatic rings. The fourth-order valence-corrected chi connectivity index (χ4v) is 3.29. The number of methoxy groups -OCH3 is 1. The number of nitrogens with one attached hydrogen (secondary N) is 1. The van der Waals surface area contributed by atoms with E-state index in [1.807, 2.05) is 59.5 Å². The van der Waals surface area contributed by atoms with Gasteiger partial charge in [-0.15, -0.1) is 0 Å². The number of hydrogen-bond donors (Lipinski definition) is 1. The molecule has 0 amide bonds. The van der Waals surface area contributed by atoms with Gasteiger partial charge in [-0.05, 0) is 54.0 Å². The highest BCUT2D eigenvalue weighted by Crippen LogP contribution is 2.30. The van der Waals surface area contributed by atoms with Crippen molar-refractivity contribution < 1.29 is 19.0 Å². The van der Waals surface area contributed by atoms with Gasteiger partial charge in [0.15, 0.2) is 11.1 Å². The predicted octanol–water partition coefficient (Wildman–Crippen LogP) is 2.39. The van der Waals surface area contributed by atoms with Crippen LogP contribution in [0, 0.1) is 0 Å². The number of para-hydroxylation sites is 1. The summed E-state index contributed by atoms with van der Waals surface area (Å²) >= 11 is 5.62. The molecule has 0 spiro atoms. The first-order valence-electron chi connectivity index (χ1n) is 9.00. The molecule has 144 valence electrons. The van der Waals surface area contributed by atoms with E-state index in [4.69, 9.17) is 21.5 Å². The molecule has 0 radical (unpaired) electrons. The summed E-state index contributed by atoms with van der Waals surface area (Å²) in [6.45, 7) is 0.317. The smallest absolute Gasteiger partial charge is 0.259 e. The Hall–Kier alpha value is -3.13. The maximum atomic E-state index is 12.3. The van der Waals surface area contributed by atoms with E-state index in [2.05, 4.69) is 10.6 Å². The molecule has 0 bridgehead atoms. The van der Waals surface area contributed by atoms with Crippen LogP contribution in [-0.2, 0) is 6.54 Å². The summed E-state index contributed by atoms with van der Waals surface area (Å²) in [5.74, 6) is 0.258. The maximum absolute atomic E-state index is 12.3. The number of anilines is 1. The summed E-state index contributed by atoms with van der Waals surface area (Å²) in [7, 11) is 1.60. The highest BCUT2D eigenvalue weighted by molar-refractivity contribution is 7.80. The van der Waals surface area contributed by atoms with E-state index >= 15 is 0 Å². The highest BCUT2D eigenvalue weighted by atomic mass is 32.1. The SMILES string of the molecule is COc1ccc(-[n+]2noc([O-])c2CN(C(=S)Nc2ccccc2)C2CC2)cc1. The van der Waals surface area contributed by atoms with Crippen molar-refractivity contribution in [1.82, 2.24) is 10.2 Å². The molecule has 1 aliphatic carbocycles. The third-order valence-corrected chi connectivity index (χ3v) is 4.94. The molecular weight excluding hydrogens is 376 g/mol.